The van der Waals surface area contributed by atoms with Crippen molar-refractivity contribution in [1.29, 1.82) is 0 Å². The van der Waals surface area contributed by atoms with Crippen molar-refractivity contribution in [2.75, 3.05) is 6.54 Å². The van der Waals surface area contributed by atoms with Gasteiger partial charge in [0.1, 0.15) is 6.33 Å². The molecule has 18 heavy (non-hydrogen) atoms. The molecule has 0 N–H and O–H groups in total. The molecule has 2 aliphatic rings. The molecule has 5 heteroatoms. The van der Waals surface area contributed by atoms with Crippen molar-refractivity contribution in [1.82, 2.24) is 19.7 Å². The van der Waals surface area contributed by atoms with Gasteiger partial charge in [-0.1, -0.05) is 12.1 Å². The molecule has 1 aromatic heterocycles. The maximum absolute atomic E-state index is 12.5. The zero-order valence-electron chi connectivity index (χ0n) is 9.78. The number of para-hydroxylation sites is 1. The van der Waals surface area contributed by atoms with Gasteiger partial charge in [-0.3, -0.25) is 9.36 Å². The number of hydrogen-bond donors (Lipinski definition) is 0. The van der Waals surface area contributed by atoms with Crippen molar-refractivity contribution in [3.05, 3.63) is 42.0 Å². The summed E-state index contributed by atoms with van der Waals surface area (Å²) < 4.78 is 1.95. The average molecular weight is 240 g/mol. The maximum atomic E-state index is 12.5. The summed E-state index contributed by atoms with van der Waals surface area (Å²) in [4.78, 5) is 14.5. The number of amides is 1. The van der Waals surface area contributed by atoms with E-state index in [1.807, 2.05) is 33.7 Å². The molecule has 1 fully saturated rings. The minimum Gasteiger partial charge on any atom is -0.328 e. The van der Waals surface area contributed by atoms with Crippen LogP contribution in [0.1, 0.15) is 35.1 Å². The van der Waals surface area contributed by atoms with Gasteiger partial charge in [0.2, 0.25) is 0 Å². The first-order chi connectivity index (χ1) is 8.86. The summed E-state index contributed by atoms with van der Waals surface area (Å²) >= 11 is 0. The lowest BCUT2D eigenvalue weighted by Gasteiger charge is -2.20. The van der Waals surface area contributed by atoms with Crippen LogP contribution in [-0.4, -0.2) is 32.1 Å². The van der Waals surface area contributed by atoms with Gasteiger partial charge in [0.05, 0.1) is 17.3 Å². The van der Waals surface area contributed by atoms with Crippen molar-refractivity contribution >= 4 is 5.91 Å². The molecule has 1 amide bonds. The standard InChI is InChI=1S/C13H12N4O/c18-13-9-4-1-2-5-10(9)17-8-14-15-12(17)11-6-3-7-16(11)13/h1-2,4-5,8,11H,3,6-7H2/t11-/m0/s1. The maximum Gasteiger partial charge on any atom is 0.256 e. The SMILES string of the molecule is O=C1c2ccccc2-n2cnnc2[C@@H]2CCCN12. The fraction of sp³-hybridized carbons (Fsp3) is 0.308. The molecule has 0 bridgehead atoms. The summed E-state index contributed by atoms with van der Waals surface area (Å²) in [6, 6.07) is 7.74. The molecule has 0 saturated carbocycles. The topological polar surface area (TPSA) is 51.0 Å². The summed E-state index contributed by atoms with van der Waals surface area (Å²) in [5, 5.41) is 8.22. The molecule has 1 atom stereocenters. The second-order valence-corrected chi connectivity index (χ2v) is 4.73. The third-order valence-electron chi connectivity index (χ3n) is 3.78. The van der Waals surface area contributed by atoms with Crippen LogP contribution in [0.3, 0.4) is 0 Å². The second-order valence-electron chi connectivity index (χ2n) is 4.73. The summed E-state index contributed by atoms with van der Waals surface area (Å²) in [6.07, 6.45) is 3.70. The van der Waals surface area contributed by atoms with Crippen molar-refractivity contribution in [3.63, 3.8) is 0 Å². The van der Waals surface area contributed by atoms with Gasteiger partial charge in [0, 0.05) is 6.54 Å². The van der Waals surface area contributed by atoms with Gasteiger partial charge in [0.15, 0.2) is 5.82 Å². The Morgan fingerprint density at radius 3 is 3.11 bits per heavy atom. The summed E-state index contributed by atoms with van der Waals surface area (Å²) in [5.74, 6) is 0.990. The number of fused-ring (bicyclic) bond motifs is 5. The normalized spacial score (nSPS) is 21.2. The van der Waals surface area contributed by atoms with Gasteiger partial charge in [-0.15, -0.1) is 10.2 Å². The Bertz CT molecular complexity index is 633. The molecule has 0 radical (unpaired) electrons. The van der Waals surface area contributed by atoms with Crippen LogP contribution in [0.15, 0.2) is 30.6 Å². The smallest absolute Gasteiger partial charge is 0.256 e. The second kappa shape index (κ2) is 3.41. The first kappa shape index (κ1) is 9.82. The Hall–Kier alpha value is -2.17. The lowest BCUT2D eigenvalue weighted by Crippen LogP contribution is -2.29. The van der Waals surface area contributed by atoms with E-state index in [0.717, 1.165) is 36.5 Å². The molecule has 1 aromatic carbocycles. The highest BCUT2D eigenvalue weighted by molar-refractivity contribution is 5.98. The number of aromatic nitrogens is 3. The first-order valence-electron chi connectivity index (χ1n) is 6.16. The largest absolute Gasteiger partial charge is 0.328 e. The summed E-state index contributed by atoms with van der Waals surface area (Å²) in [5.41, 5.74) is 1.62. The van der Waals surface area contributed by atoms with E-state index in [1.165, 1.54) is 0 Å². The molecule has 3 heterocycles. The van der Waals surface area contributed by atoms with Crippen molar-refractivity contribution in [3.8, 4) is 5.69 Å². The summed E-state index contributed by atoms with van der Waals surface area (Å²) in [7, 11) is 0. The Morgan fingerprint density at radius 2 is 2.17 bits per heavy atom. The molecule has 2 aliphatic heterocycles. The van der Waals surface area contributed by atoms with Crippen LogP contribution >= 0.6 is 0 Å². The van der Waals surface area contributed by atoms with E-state index in [0.29, 0.717) is 0 Å². The molecule has 1 saturated heterocycles. The zero-order chi connectivity index (χ0) is 12.1. The van der Waals surface area contributed by atoms with Crippen LogP contribution in [-0.2, 0) is 0 Å². The van der Waals surface area contributed by atoms with Crippen molar-refractivity contribution in [2.45, 2.75) is 18.9 Å². The average Bonchev–Trinajstić information content (AvgIpc) is 3.04. The van der Waals surface area contributed by atoms with E-state index in [4.69, 9.17) is 0 Å². The Balaban J connectivity index is 2.04. The van der Waals surface area contributed by atoms with Crippen LogP contribution < -0.4 is 0 Å². The van der Waals surface area contributed by atoms with Crippen LogP contribution in [0.5, 0.6) is 0 Å². The highest BCUT2D eigenvalue weighted by Gasteiger charge is 2.37. The minimum atomic E-state index is 0.0763. The third kappa shape index (κ3) is 1.13. The van der Waals surface area contributed by atoms with Gasteiger partial charge in [-0.25, -0.2) is 0 Å². The number of carbonyl (C=O) groups excluding carboxylic acids is 1. The third-order valence-corrected chi connectivity index (χ3v) is 3.78. The summed E-state index contributed by atoms with van der Waals surface area (Å²) in [6.45, 7) is 0.810. The predicted molar refractivity (Wildman–Crippen MR) is 64.4 cm³/mol. The molecule has 5 nitrogen and oxygen atoms in total. The highest BCUT2D eigenvalue weighted by atomic mass is 16.2. The van der Waals surface area contributed by atoms with Crippen LogP contribution in [0, 0.1) is 0 Å². The molecule has 2 aromatic rings. The van der Waals surface area contributed by atoms with Crippen molar-refractivity contribution < 1.29 is 4.79 Å². The number of nitrogens with zero attached hydrogens (tertiary/aromatic N) is 4. The minimum absolute atomic E-state index is 0.0763. The quantitative estimate of drug-likeness (QED) is 0.702. The van der Waals surface area contributed by atoms with E-state index >= 15 is 0 Å². The first-order valence-corrected chi connectivity index (χ1v) is 6.16. The lowest BCUT2D eigenvalue weighted by atomic mass is 10.1. The number of rotatable bonds is 0. The monoisotopic (exact) mass is 240 g/mol. The van der Waals surface area contributed by atoms with E-state index in [9.17, 15) is 4.79 Å². The van der Waals surface area contributed by atoms with Gasteiger partial charge < -0.3 is 4.90 Å². The van der Waals surface area contributed by atoms with Crippen LogP contribution in [0.2, 0.25) is 0 Å². The van der Waals surface area contributed by atoms with Crippen LogP contribution in [0.25, 0.3) is 5.69 Å². The lowest BCUT2D eigenvalue weighted by molar-refractivity contribution is 0.0736. The van der Waals surface area contributed by atoms with Gasteiger partial charge in [-0.2, -0.15) is 0 Å². The predicted octanol–water partition coefficient (Wildman–Crippen LogP) is 1.56. The van der Waals surface area contributed by atoms with Gasteiger partial charge in [-0.05, 0) is 25.0 Å². The number of carbonyl (C=O) groups is 1. The molecular formula is C13H12N4O. The van der Waals surface area contributed by atoms with Crippen molar-refractivity contribution in [2.24, 2.45) is 0 Å². The fourth-order valence-corrected chi connectivity index (χ4v) is 2.95. The van der Waals surface area contributed by atoms with E-state index < -0.39 is 0 Å². The van der Waals surface area contributed by atoms with E-state index in [-0.39, 0.29) is 11.9 Å². The van der Waals surface area contributed by atoms with Crippen LogP contribution in [0.4, 0.5) is 0 Å². The number of benzene rings is 1. The van der Waals surface area contributed by atoms with Gasteiger partial charge in [0.25, 0.3) is 5.91 Å². The Labute approximate surface area is 104 Å². The molecule has 4 rings (SSSR count). The molecule has 0 aliphatic carbocycles. The highest BCUT2D eigenvalue weighted by Crippen LogP contribution is 2.36. The Kier molecular flexibility index (Phi) is 1.86. The molecular weight excluding hydrogens is 228 g/mol. The molecule has 0 spiro atoms. The zero-order valence-corrected chi connectivity index (χ0v) is 9.78. The number of hydrogen-bond acceptors (Lipinski definition) is 3. The van der Waals surface area contributed by atoms with E-state index in [2.05, 4.69) is 10.2 Å². The Morgan fingerprint density at radius 1 is 1.28 bits per heavy atom. The molecule has 90 valence electrons. The fourth-order valence-electron chi connectivity index (χ4n) is 2.95. The van der Waals surface area contributed by atoms with Gasteiger partial charge >= 0.3 is 0 Å². The van der Waals surface area contributed by atoms with E-state index in [1.54, 1.807) is 6.33 Å². The molecule has 0 unspecified atom stereocenters.